The first-order valence-electron chi connectivity index (χ1n) is 8.86. The van der Waals surface area contributed by atoms with Gasteiger partial charge in [0.25, 0.3) is 5.91 Å². The molecule has 8 heteroatoms. The molecule has 0 saturated carbocycles. The molecule has 0 aliphatic carbocycles. The molecule has 2 aromatic rings. The summed E-state index contributed by atoms with van der Waals surface area (Å²) < 4.78 is 36.3. The molecule has 1 atom stereocenters. The van der Waals surface area contributed by atoms with Crippen LogP contribution >= 0.6 is 0 Å². The number of hydrogen-bond acceptors (Lipinski definition) is 5. The van der Waals surface area contributed by atoms with Gasteiger partial charge >= 0.3 is 0 Å². The number of nitrogens with zero attached hydrogens (tertiary/aromatic N) is 1. The molecule has 0 fully saturated rings. The Bertz CT molecular complexity index is 878. The molecule has 1 N–H and O–H groups in total. The second-order valence-electron chi connectivity index (χ2n) is 6.47. The average molecular weight is 407 g/mol. The number of rotatable bonds is 9. The number of sulfonamides is 1. The Morgan fingerprint density at radius 3 is 2.18 bits per heavy atom. The maximum Gasteiger partial charge on any atom is 0.260 e. The van der Waals surface area contributed by atoms with E-state index in [1.807, 2.05) is 31.2 Å². The van der Waals surface area contributed by atoms with Crippen LogP contribution in [0.4, 0.5) is 0 Å². The van der Waals surface area contributed by atoms with E-state index in [1.54, 1.807) is 19.1 Å². The molecule has 2 aromatic carbocycles. The van der Waals surface area contributed by atoms with Gasteiger partial charge in [-0.3, -0.25) is 4.79 Å². The molecule has 0 bridgehead atoms. The van der Waals surface area contributed by atoms with Crippen molar-refractivity contribution in [3.05, 3.63) is 54.1 Å². The summed E-state index contributed by atoms with van der Waals surface area (Å²) in [5, 5.41) is 2.74. The molecule has 0 heterocycles. The monoisotopic (exact) mass is 406 g/mol. The number of nitrogens with one attached hydrogen (secondary N) is 1. The number of aryl methyl sites for hydroxylation is 1. The number of carbonyl (C=O) groups excluding carboxylic acids is 1. The Kier molecular flexibility index (Phi) is 7.42. The van der Waals surface area contributed by atoms with Crippen LogP contribution < -0.4 is 14.8 Å². The van der Waals surface area contributed by atoms with Crippen LogP contribution in [-0.2, 0) is 14.8 Å². The van der Waals surface area contributed by atoms with Gasteiger partial charge < -0.3 is 14.8 Å². The molecule has 28 heavy (non-hydrogen) atoms. The minimum absolute atomic E-state index is 0.195. The van der Waals surface area contributed by atoms with Gasteiger partial charge in [0.1, 0.15) is 18.1 Å². The highest BCUT2D eigenvalue weighted by molar-refractivity contribution is 7.89. The van der Waals surface area contributed by atoms with Gasteiger partial charge in [0.15, 0.2) is 6.10 Å². The summed E-state index contributed by atoms with van der Waals surface area (Å²) >= 11 is 0. The molecule has 0 radical (unpaired) electrons. The van der Waals surface area contributed by atoms with Crippen molar-refractivity contribution in [2.24, 2.45) is 0 Å². The van der Waals surface area contributed by atoms with Crippen molar-refractivity contribution < 1.29 is 22.7 Å². The summed E-state index contributed by atoms with van der Waals surface area (Å²) in [6.07, 6.45) is -0.627. The molecule has 1 amide bonds. The Balaban J connectivity index is 1.76. The molecule has 7 nitrogen and oxygen atoms in total. The maximum atomic E-state index is 12.1. The van der Waals surface area contributed by atoms with Crippen LogP contribution in [0.25, 0.3) is 0 Å². The first kappa shape index (κ1) is 21.7. The number of amides is 1. The average Bonchev–Trinajstić information content (AvgIpc) is 2.67. The molecular formula is C20H26N2O5S. The van der Waals surface area contributed by atoms with Gasteiger partial charge in [0.2, 0.25) is 10.0 Å². The van der Waals surface area contributed by atoms with Gasteiger partial charge in [-0.05, 0) is 50.2 Å². The summed E-state index contributed by atoms with van der Waals surface area (Å²) in [6.45, 7) is 4.22. The lowest BCUT2D eigenvalue weighted by Gasteiger charge is -2.15. The normalized spacial score (nSPS) is 12.5. The van der Waals surface area contributed by atoms with E-state index in [-0.39, 0.29) is 17.4 Å². The van der Waals surface area contributed by atoms with Gasteiger partial charge in [0, 0.05) is 14.1 Å². The third-order valence-electron chi connectivity index (χ3n) is 3.98. The first-order chi connectivity index (χ1) is 13.2. The third kappa shape index (κ3) is 5.97. The lowest BCUT2D eigenvalue weighted by Crippen LogP contribution is -2.38. The van der Waals surface area contributed by atoms with E-state index in [4.69, 9.17) is 9.47 Å². The summed E-state index contributed by atoms with van der Waals surface area (Å²) in [6, 6.07) is 13.6. The topological polar surface area (TPSA) is 84.9 Å². The van der Waals surface area contributed by atoms with E-state index >= 15 is 0 Å². The second-order valence-corrected chi connectivity index (χ2v) is 8.62. The van der Waals surface area contributed by atoms with Crippen molar-refractivity contribution in [3.63, 3.8) is 0 Å². The van der Waals surface area contributed by atoms with Crippen LogP contribution in [0.1, 0.15) is 12.5 Å². The van der Waals surface area contributed by atoms with Crippen molar-refractivity contribution in [1.29, 1.82) is 0 Å². The van der Waals surface area contributed by atoms with E-state index in [9.17, 15) is 13.2 Å². The fraction of sp³-hybridized carbons (Fsp3) is 0.350. The Morgan fingerprint density at radius 1 is 1.04 bits per heavy atom. The minimum atomic E-state index is -3.46. The van der Waals surface area contributed by atoms with Gasteiger partial charge in [-0.25, -0.2) is 12.7 Å². The highest BCUT2D eigenvalue weighted by Crippen LogP contribution is 2.18. The zero-order chi connectivity index (χ0) is 20.7. The number of hydrogen-bond donors (Lipinski definition) is 1. The number of ether oxygens (including phenoxy) is 2. The predicted octanol–water partition coefficient (Wildman–Crippen LogP) is 2.21. The minimum Gasteiger partial charge on any atom is -0.492 e. The molecule has 0 aliphatic heterocycles. The summed E-state index contributed by atoms with van der Waals surface area (Å²) in [5.74, 6) is 0.921. The van der Waals surface area contributed by atoms with Gasteiger partial charge in [-0.2, -0.15) is 0 Å². The third-order valence-corrected chi connectivity index (χ3v) is 5.80. The fourth-order valence-electron chi connectivity index (χ4n) is 2.28. The van der Waals surface area contributed by atoms with Crippen LogP contribution in [0.2, 0.25) is 0 Å². The lowest BCUT2D eigenvalue weighted by molar-refractivity contribution is -0.127. The van der Waals surface area contributed by atoms with Crippen LogP contribution in [0, 0.1) is 6.92 Å². The van der Waals surface area contributed by atoms with Crippen molar-refractivity contribution in [2.45, 2.75) is 24.8 Å². The SMILES string of the molecule is Cc1ccc(OC(C)C(=O)NCCOc2ccc(S(=O)(=O)N(C)C)cc2)cc1. The van der Waals surface area contributed by atoms with E-state index in [2.05, 4.69) is 5.32 Å². The van der Waals surface area contributed by atoms with E-state index in [0.29, 0.717) is 18.0 Å². The summed E-state index contributed by atoms with van der Waals surface area (Å²) in [5.41, 5.74) is 1.12. The molecule has 0 spiro atoms. The first-order valence-corrected chi connectivity index (χ1v) is 10.3. The predicted molar refractivity (Wildman–Crippen MR) is 107 cm³/mol. The van der Waals surface area contributed by atoms with Crippen LogP contribution in [0.3, 0.4) is 0 Å². The van der Waals surface area contributed by atoms with Crippen LogP contribution in [0.5, 0.6) is 11.5 Å². The summed E-state index contributed by atoms with van der Waals surface area (Å²) in [4.78, 5) is 12.3. The smallest absolute Gasteiger partial charge is 0.260 e. The van der Waals surface area contributed by atoms with Crippen LogP contribution in [0.15, 0.2) is 53.4 Å². The van der Waals surface area contributed by atoms with Gasteiger partial charge in [0.05, 0.1) is 11.4 Å². The standard InChI is InChI=1S/C20H26N2O5S/c1-15-5-7-18(8-6-15)27-16(2)20(23)21-13-14-26-17-9-11-19(12-10-17)28(24,25)22(3)4/h5-12,16H,13-14H2,1-4H3,(H,21,23). The van der Waals surface area contributed by atoms with Crippen molar-refractivity contribution in [3.8, 4) is 11.5 Å². The Morgan fingerprint density at radius 2 is 1.61 bits per heavy atom. The van der Waals surface area contributed by atoms with Crippen molar-refractivity contribution >= 4 is 15.9 Å². The van der Waals surface area contributed by atoms with Crippen molar-refractivity contribution in [2.75, 3.05) is 27.2 Å². The van der Waals surface area contributed by atoms with Gasteiger partial charge in [-0.1, -0.05) is 17.7 Å². The fourth-order valence-corrected chi connectivity index (χ4v) is 3.18. The Hall–Kier alpha value is -2.58. The molecule has 1 unspecified atom stereocenters. The number of benzene rings is 2. The summed E-state index contributed by atoms with van der Waals surface area (Å²) in [7, 11) is -0.505. The van der Waals surface area contributed by atoms with Crippen LogP contribution in [-0.4, -0.2) is 52.0 Å². The molecule has 0 saturated heterocycles. The zero-order valence-electron chi connectivity index (χ0n) is 16.5. The van der Waals surface area contributed by atoms with E-state index in [1.165, 1.54) is 26.2 Å². The van der Waals surface area contributed by atoms with Gasteiger partial charge in [-0.15, -0.1) is 0 Å². The second kappa shape index (κ2) is 9.57. The quantitative estimate of drug-likeness (QED) is 0.646. The molecular weight excluding hydrogens is 380 g/mol. The maximum absolute atomic E-state index is 12.1. The largest absolute Gasteiger partial charge is 0.492 e. The highest BCUT2D eigenvalue weighted by atomic mass is 32.2. The molecule has 2 rings (SSSR count). The number of carbonyl (C=O) groups is 1. The molecule has 0 aliphatic rings. The van der Waals surface area contributed by atoms with E-state index < -0.39 is 16.1 Å². The molecule has 152 valence electrons. The lowest BCUT2D eigenvalue weighted by atomic mass is 10.2. The Labute approximate surface area is 166 Å². The zero-order valence-corrected chi connectivity index (χ0v) is 17.3. The molecule has 0 aromatic heterocycles. The van der Waals surface area contributed by atoms with E-state index in [0.717, 1.165) is 9.87 Å². The highest BCUT2D eigenvalue weighted by Gasteiger charge is 2.17. The van der Waals surface area contributed by atoms with Crippen molar-refractivity contribution in [1.82, 2.24) is 9.62 Å².